The molecule has 0 radical (unpaired) electrons. The van der Waals surface area contributed by atoms with Crippen LogP contribution in [0, 0.1) is 6.92 Å². The highest BCUT2D eigenvalue weighted by Gasteiger charge is 2.30. The zero-order valence-corrected chi connectivity index (χ0v) is 23.7. The number of rotatable bonds is 8. The number of piperazine rings is 1. The van der Waals surface area contributed by atoms with Crippen molar-refractivity contribution in [1.29, 1.82) is 0 Å². The van der Waals surface area contributed by atoms with E-state index in [-0.39, 0.29) is 17.9 Å². The highest BCUT2D eigenvalue weighted by molar-refractivity contribution is 5.78. The van der Waals surface area contributed by atoms with Crippen molar-refractivity contribution in [3.8, 4) is 5.75 Å². The van der Waals surface area contributed by atoms with Gasteiger partial charge in [0.15, 0.2) is 0 Å². The van der Waals surface area contributed by atoms with Gasteiger partial charge in [-0.3, -0.25) is 9.69 Å². The molecule has 1 fully saturated rings. The summed E-state index contributed by atoms with van der Waals surface area (Å²) in [7, 11) is 1.68. The second-order valence-electron chi connectivity index (χ2n) is 10.7. The number of hydrogen-bond donors (Lipinski definition) is 0. The summed E-state index contributed by atoms with van der Waals surface area (Å²) in [6.45, 7) is 5.10. The van der Waals surface area contributed by atoms with Crippen LogP contribution in [0.1, 0.15) is 46.3 Å². The minimum Gasteiger partial charge on any atom is -0.497 e. The fourth-order valence-electron chi connectivity index (χ4n) is 6.10. The summed E-state index contributed by atoms with van der Waals surface area (Å²) < 4.78 is 7.65. The summed E-state index contributed by atoms with van der Waals surface area (Å²) in [5, 5.41) is 0. The molecule has 1 atom stereocenters. The third kappa shape index (κ3) is 5.61. The van der Waals surface area contributed by atoms with Crippen LogP contribution in [-0.4, -0.2) is 58.4 Å². The number of fused-ring (bicyclic) bond motifs is 1. The maximum absolute atomic E-state index is 13.9. The van der Waals surface area contributed by atoms with Gasteiger partial charge in [-0.25, -0.2) is 4.98 Å². The number of carbonyl (C=O) groups excluding carboxylic acids is 1. The van der Waals surface area contributed by atoms with Crippen molar-refractivity contribution < 1.29 is 9.53 Å². The van der Waals surface area contributed by atoms with Crippen LogP contribution in [0.4, 0.5) is 0 Å². The maximum atomic E-state index is 13.9. The Balaban J connectivity index is 1.23. The average Bonchev–Trinajstić information content (AvgIpc) is 3.46. The first-order chi connectivity index (χ1) is 20.1. The Labute approximate surface area is 241 Å². The monoisotopic (exact) mass is 544 g/mol. The van der Waals surface area contributed by atoms with Gasteiger partial charge in [0.25, 0.3) is 0 Å². The lowest BCUT2D eigenvalue weighted by atomic mass is 9.91. The molecule has 1 aliphatic rings. The van der Waals surface area contributed by atoms with E-state index < -0.39 is 0 Å². The number of benzene rings is 3. The Bertz CT molecular complexity index is 1570. The summed E-state index contributed by atoms with van der Waals surface area (Å²) in [6.07, 6.45) is 4.33. The number of nitrogens with zero attached hydrogens (tertiary/aromatic N) is 4. The Morgan fingerprint density at radius 2 is 1.49 bits per heavy atom. The van der Waals surface area contributed by atoms with Gasteiger partial charge in [0.1, 0.15) is 11.4 Å². The summed E-state index contributed by atoms with van der Waals surface area (Å²) in [4.78, 5) is 23.1. The second-order valence-corrected chi connectivity index (χ2v) is 10.7. The first kappa shape index (κ1) is 26.8. The fourth-order valence-corrected chi connectivity index (χ4v) is 6.10. The lowest BCUT2D eigenvalue weighted by Crippen LogP contribution is -2.50. The number of aryl methyl sites for hydroxylation is 1. The van der Waals surface area contributed by atoms with E-state index in [0.29, 0.717) is 19.5 Å². The van der Waals surface area contributed by atoms with Gasteiger partial charge in [0.2, 0.25) is 5.91 Å². The molecule has 3 heterocycles. The molecular formula is C35H36N4O2. The van der Waals surface area contributed by atoms with Crippen LogP contribution in [0.25, 0.3) is 5.65 Å². The van der Waals surface area contributed by atoms with E-state index in [0.717, 1.165) is 41.3 Å². The zero-order chi connectivity index (χ0) is 28.2. The Kier molecular flexibility index (Phi) is 7.83. The molecule has 0 saturated carbocycles. The minimum absolute atomic E-state index is 0.145. The number of carbonyl (C=O) groups is 1. The smallest absolute Gasteiger partial charge is 0.223 e. The predicted octanol–water partition coefficient (Wildman–Crippen LogP) is 6.11. The molecular weight excluding hydrogens is 508 g/mol. The Hall–Kier alpha value is -4.42. The number of hydrogen-bond acceptors (Lipinski definition) is 4. The van der Waals surface area contributed by atoms with Crippen LogP contribution in [0.15, 0.2) is 109 Å². The highest BCUT2D eigenvalue weighted by Crippen LogP contribution is 2.33. The van der Waals surface area contributed by atoms with Gasteiger partial charge >= 0.3 is 0 Å². The topological polar surface area (TPSA) is 50.1 Å². The molecule has 41 heavy (non-hydrogen) atoms. The standard InChI is InChI=1S/C35H36N4O2/c1-26-11-10-18-39-32(25-36-35(26)39)31(29-16-9-17-30(23-29)41-2)24-33(40)37-19-21-38(22-20-37)34(27-12-5-3-6-13-27)28-14-7-4-8-15-28/h3-18,23,25,31,34H,19-22,24H2,1-2H3. The van der Waals surface area contributed by atoms with Crippen LogP contribution in [-0.2, 0) is 4.79 Å². The van der Waals surface area contributed by atoms with Crippen molar-refractivity contribution in [3.05, 3.63) is 137 Å². The van der Waals surface area contributed by atoms with E-state index in [9.17, 15) is 4.79 Å². The van der Waals surface area contributed by atoms with Crippen LogP contribution >= 0.6 is 0 Å². The molecule has 1 unspecified atom stereocenters. The lowest BCUT2D eigenvalue weighted by Gasteiger charge is -2.40. The minimum atomic E-state index is -0.145. The molecule has 0 bridgehead atoms. The summed E-state index contributed by atoms with van der Waals surface area (Å²) in [6, 6.07) is 33.7. The van der Waals surface area contributed by atoms with Gasteiger partial charge in [-0.1, -0.05) is 78.9 Å². The van der Waals surface area contributed by atoms with Crippen molar-refractivity contribution in [2.75, 3.05) is 33.3 Å². The molecule has 2 aromatic heterocycles. The molecule has 1 amide bonds. The Morgan fingerprint density at radius 3 is 2.15 bits per heavy atom. The van der Waals surface area contributed by atoms with Crippen molar-refractivity contribution in [2.45, 2.75) is 25.3 Å². The predicted molar refractivity (Wildman–Crippen MR) is 162 cm³/mol. The zero-order valence-electron chi connectivity index (χ0n) is 23.7. The Morgan fingerprint density at radius 1 is 0.829 bits per heavy atom. The molecule has 1 aliphatic heterocycles. The van der Waals surface area contributed by atoms with Gasteiger partial charge < -0.3 is 14.0 Å². The number of aromatic nitrogens is 2. The average molecular weight is 545 g/mol. The third-order valence-electron chi connectivity index (χ3n) is 8.25. The van der Waals surface area contributed by atoms with Gasteiger partial charge in [0.05, 0.1) is 18.8 Å². The van der Waals surface area contributed by atoms with Gasteiger partial charge in [-0.05, 0) is 47.4 Å². The number of imidazole rings is 1. The van der Waals surface area contributed by atoms with Gasteiger partial charge in [0, 0.05) is 50.9 Å². The summed E-state index contributed by atoms with van der Waals surface area (Å²) >= 11 is 0. The van der Waals surface area contributed by atoms with Crippen molar-refractivity contribution in [3.63, 3.8) is 0 Å². The molecule has 1 saturated heterocycles. The summed E-state index contributed by atoms with van der Waals surface area (Å²) in [5.41, 5.74) is 6.64. The fraction of sp³-hybridized carbons (Fsp3) is 0.257. The van der Waals surface area contributed by atoms with E-state index in [1.165, 1.54) is 11.1 Å². The van der Waals surface area contributed by atoms with E-state index in [1.54, 1.807) is 7.11 Å². The van der Waals surface area contributed by atoms with E-state index in [2.05, 4.69) is 89.0 Å². The molecule has 0 spiro atoms. The largest absolute Gasteiger partial charge is 0.497 e. The molecule has 6 rings (SSSR count). The third-order valence-corrected chi connectivity index (χ3v) is 8.25. The van der Waals surface area contributed by atoms with E-state index >= 15 is 0 Å². The number of pyridine rings is 1. The molecule has 208 valence electrons. The normalized spacial score (nSPS) is 14.9. The molecule has 0 N–H and O–H groups in total. The lowest BCUT2D eigenvalue weighted by molar-refractivity contribution is -0.133. The van der Waals surface area contributed by atoms with Crippen LogP contribution in [0.5, 0.6) is 5.75 Å². The SMILES string of the molecule is COc1cccc(C(CC(=O)N2CCN(C(c3ccccc3)c3ccccc3)CC2)c2cnc3c(C)cccn23)c1. The van der Waals surface area contributed by atoms with Gasteiger partial charge in [-0.15, -0.1) is 0 Å². The van der Waals surface area contributed by atoms with Crippen LogP contribution < -0.4 is 4.74 Å². The van der Waals surface area contributed by atoms with E-state index in [1.807, 2.05) is 41.6 Å². The molecule has 6 heteroatoms. The van der Waals surface area contributed by atoms with Crippen molar-refractivity contribution in [2.24, 2.45) is 0 Å². The van der Waals surface area contributed by atoms with Crippen LogP contribution in [0.3, 0.4) is 0 Å². The number of methoxy groups -OCH3 is 1. The quantitative estimate of drug-likeness (QED) is 0.237. The van der Waals surface area contributed by atoms with Gasteiger partial charge in [-0.2, -0.15) is 0 Å². The molecule has 3 aromatic carbocycles. The first-order valence-electron chi connectivity index (χ1n) is 14.3. The molecule has 6 nitrogen and oxygen atoms in total. The highest BCUT2D eigenvalue weighted by atomic mass is 16.5. The summed E-state index contributed by atoms with van der Waals surface area (Å²) in [5.74, 6) is 0.802. The second kappa shape index (κ2) is 12.0. The molecule has 0 aliphatic carbocycles. The van der Waals surface area contributed by atoms with Crippen LogP contribution in [0.2, 0.25) is 0 Å². The maximum Gasteiger partial charge on any atom is 0.223 e. The van der Waals surface area contributed by atoms with E-state index in [4.69, 9.17) is 9.72 Å². The number of amides is 1. The van der Waals surface area contributed by atoms with Crippen molar-refractivity contribution in [1.82, 2.24) is 19.2 Å². The molecule has 5 aromatic rings. The number of ether oxygens (including phenoxy) is 1. The first-order valence-corrected chi connectivity index (χ1v) is 14.3. The van der Waals surface area contributed by atoms with Crippen molar-refractivity contribution >= 4 is 11.6 Å².